The smallest absolute Gasteiger partial charge is 0.253 e. The molecule has 0 spiro atoms. The largest absolute Gasteiger partial charge is 0.368 e. The van der Waals surface area contributed by atoms with Crippen molar-refractivity contribution in [2.24, 2.45) is 5.73 Å². The summed E-state index contributed by atoms with van der Waals surface area (Å²) in [5.41, 5.74) is 7.15. The fourth-order valence-electron chi connectivity index (χ4n) is 2.25. The average molecular weight is 374 g/mol. The van der Waals surface area contributed by atoms with Gasteiger partial charge in [-0.05, 0) is 55.5 Å². The van der Waals surface area contributed by atoms with Crippen LogP contribution in [0.4, 0.5) is 11.4 Å². The lowest BCUT2D eigenvalue weighted by Crippen LogP contribution is -2.36. The van der Waals surface area contributed by atoms with Crippen molar-refractivity contribution in [1.29, 1.82) is 0 Å². The van der Waals surface area contributed by atoms with Gasteiger partial charge in [-0.15, -0.1) is 12.4 Å². The van der Waals surface area contributed by atoms with E-state index in [0.717, 1.165) is 18.6 Å². The normalized spacial score (nSPS) is 17.7. The van der Waals surface area contributed by atoms with Gasteiger partial charge in [0.2, 0.25) is 5.91 Å². The van der Waals surface area contributed by atoms with Crippen molar-refractivity contribution >= 4 is 47.4 Å². The third-order valence-electron chi connectivity index (χ3n) is 3.61. The lowest BCUT2D eigenvalue weighted by atomic mass is 10.2. The Labute approximate surface area is 152 Å². The van der Waals surface area contributed by atoms with E-state index in [2.05, 4.69) is 10.6 Å². The number of benzene rings is 1. The minimum absolute atomic E-state index is 0. The van der Waals surface area contributed by atoms with Gasteiger partial charge in [0.1, 0.15) is 6.10 Å². The van der Waals surface area contributed by atoms with E-state index >= 15 is 0 Å². The molecule has 0 radical (unpaired) electrons. The van der Waals surface area contributed by atoms with Gasteiger partial charge in [0.25, 0.3) is 5.91 Å². The zero-order valence-corrected chi connectivity index (χ0v) is 15.3. The minimum Gasteiger partial charge on any atom is -0.368 e. The van der Waals surface area contributed by atoms with Crippen molar-refractivity contribution in [3.63, 3.8) is 0 Å². The van der Waals surface area contributed by atoms with Crippen LogP contribution in [0.1, 0.15) is 19.3 Å². The van der Waals surface area contributed by atoms with Crippen molar-refractivity contribution in [3.8, 4) is 0 Å². The fraction of sp³-hybridized carbons (Fsp3) is 0.500. The highest BCUT2D eigenvalue weighted by Crippen LogP contribution is 2.17. The molecule has 0 aliphatic carbocycles. The first kappa shape index (κ1) is 20.8. The molecule has 1 aliphatic heterocycles. The number of anilines is 2. The summed E-state index contributed by atoms with van der Waals surface area (Å²) in [5, 5.41) is 5.59. The molecule has 0 aromatic heterocycles. The monoisotopic (exact) mass is 373 g/mol. The summed E-state index contributed by atoms with van der Waals surface area (Å²) in [6, 6.07) is 6.46. The molecule has 6 nitrogen and oxygen atoms in total. The number of hydrogen-bond donors (Lipinski definition) is 3. The second-order valence-corrected chi connectivity index (χ2v) is 6.43. The molecule has 4 N–H and O–H groups in total. The molecule has 24 heavy (non-hydrogen) atoms. The van der Waals surface area contributed by atoms with E-state index in [9.17, 15) is 9.59 Å². The number of halogens is 1. The Morgan fingerprint density at radius 3 is 2.46 bits per heavy atom. The van der Waals surface area contributed by atoms with E-state index in [1.54, 1.807) is 36.0 Å². The maximum absolute atomic E-state index is 11.9. The van der Waals surface area contributed by atoms with Crippen LogP contribution in [0.3, 0.4) is 0 Å². The van der Waals surface area contributed by atoms with Crippen LogP contribution in [-0.4, -0.2) is 42.6 Å². The number of carbonyl (C=O) groups excluding carboxylic acids is 2. The number of carbonyl (C=O) groups is 2. The number of amides is 2. The van der Waals surface area contributed by atoms with Crippen LogP contribution in [-0.2, 0) is 14.3 Å². The summed E-state index contributed by atoms with van der Waals surface area (Å²) in [7, 11) is 0. The van der Waals surface area contributed by atoms with E-state index in [-0.39, 0.29) is 30.3 Å². The van der Waals surface area contributed by atoms with E-state index in [1.165, 1.54) is 0 Å². The van der Waals surface area contributed by atoms with Gasteiger partial charge in [0.15, 0.2) is 0 Å². The van der Waals surface area contributed by atoms with Gasteiger partial charge in [-0.25, -0.2) is 0 Å². The summed E-state index contributed by atoms with van der Waals surface area (Å²) in [4.78, 5) is 23.9. The second-order valence-electron chi connectivity index (χ2n) is 5.45. The molecular formula is C16H24ClN3O3S. The van der Waals surface area contributed by atoms with Gasteiger partial charge in [0, 0.05) is 18.0 Å². The molecule has 1 aromatic rings. The first-order chi connectivity index (χ1) is 11.1. The Bertz CT molecular complexity index is 536. The van der Waals surface area contributed by atoms with E-state index in [0.29, 0.717) is 24.4 Å². The summed E-state index contributed by atoms with van der Waals surface area (Å²) < 4.78 is 5.34. The van der Waals surface area contributed by atoms with Crippen LogP contribution in [0, 0.1) is 0 Å². The standard InChI is InChI=1S/C16H23N3O3S.ClH/c1-23-10-8-13(17)15(20)18-11-4-6-12(7-5-11)19-16(21)14-3-2-9-22-14;/h4-7,13-14H,2-3,8-10,17H2,1H3,(H,18,20)(H,19,21);1H. The van der Waals surface area contributed by atoms with Crippen LogP contribution >= 0.6 is 24.2 Å². The lowest BCUT2D eigenvalue weighted by molar-refractivity contribution is -0.124. The molecule has 0 saturated carbocycles. The predicted molar refractivity (Wildman–Crippen MR) is 101 cm³/mol. The van der Waals surface area contributed by atoms with Gasteiger partial charge >= 0.3 is 0 Å². The summed E-state index contributed by atoms with van der Waals surface area (Å²) in [6.07, 6.45) is 3.94. The molecule has 2 unspecified atom stereocenters. The highest BCUT2D eigenvalue weighted by atomic mass is 35.5. The second kappa shape index (κ2) is 10.6. The van der Waals surface area contributed by atoms with E-state index in [4.69, 9.17) is 10.5 Å². The van der Waals surface area contributed by atoms with Gasteiger partial charge in [0.05, 0.1) is 6.04 Å². The molecule has 2 amide bonds. The van der Waals surface area contributed by atoms with Crippen molar-refractivity contribution in [2.75, 3.05) is 29.2 Å². The highest BCUT2D eigenvalue weighted by Gasteiger charge is 2.23. The number of hydrogen-bond acceptors (Lipinski definition) is 5. The molecule has 2 rings (SSSR count). The van der Waals surface area contributed by atoms with Crippen molar-refractivity contribution in [3.05, 3.63) is 24.3 Å². The minimum atomic E-state index is -0.513. The topological polar surface area (TPSA) is 93.5 Å². The molecular weight excluding hydrogens is 350 g/mol. The van der Waals surface area contributed by atoms with Gasteiger partial charge in [-0.2, -0.15) is 11.8 Å². The van der Waals surface area contributed by atoms with E-state index < -0.39 is 6.04 Å². The van der Waals surface area contributed by atoms with Crippen molar-refractivity contribution < 1.29 is 14.3 Å². The number of nitrogens with one attached hydrogen (secondary N) is 2. The van der Waals surface area contributed by atoms with Crippen LogP contribution in [0.15, 0.2) is 24.3 Å². The lowest BCUT2D eigenvalue weighted by Gasteiger charge is -2.13. The van der Waals surface area contributed by atoms with Crippen LogP contribution in [0.5, 0.6) is 0 Å². The van der Waals surface area contributed by atoms with Crippen LogP contribution in [0.25, 0.3) is 0 Å². The van der Waals surface area contributed by atoms with Gasteiger partial charge in [-0.1, -0.05) is 0 Å². The number of thioether (sulfide) groups is 1. The molecule has 1 aromatic carbocycles. The molecule has 1 fully saturated rings. The fourth-order valence-corrected chi connectivity index (χ4v) is 2.74. The summed E-state index contributed by atoms with van der Waals surface area (Å²) in [5.74, 6) is 0.525. The summed E-state index contributed by atoms with van der Waals surface area (Å²) in [6.45, 7) is 0.639. The Morgan fingerprint density at radius 2 is 1.92 bits per heavy atom. The first-order valence-corrected chi connectivity index (χ1v) is 9.07. The number of rotatable bonds is 7. The zero-order chi connectivity index (χ0) is 16.7. The highest BCUT2D eigenvalue weighted by molar-refractivity contribution is 7.98. The SMILES string of the molecule is CSCCC(N)C(=O)Nc1ccc(NC(=O)C2CCCO2)cc1.Cl. The van der Waals surface area contributed by atoms with Crippen LogP contribution < -0.4 is 16.4 Å². The van der Waals surface area contributed by atoms with Crippen LogP contribution in [0.2, 0.25) is 0 Å². The molecule has 8 heteroatoms. The molecule has 134 valence electrons. The number of ether oxygens (including phenoxy) is 1. The Kier molecular flexibility index (Phi) is 9.13. The molecule has 1 aliphatic rings. The Balaban J connectivity index is 0.00000288. The first-order valence-electron chi connectivity index (χ1n) is 7.68. The number of nitrogens with two attached hydrogens (primary N) is 1. The average Bonchev–Trinajstić information content (AvgIpc) is 3.09. The maximum Gasteiger partial charge on any atom is 0.253 e. The molecule has 2 atom stereocenters. The molecule has 0 bridgehead atoms. The summed E-state index contributed by atoms with van der Waals surface area (Å²) >= 11 is 1.66. The third kappa shape index (κ3) is 6.32. The quantitative estimate of drug-likeness (QED) is 0.681. The van der Waals surface area contributed by atoms with Crippen molar-refractivity contribution in [2.45, 2.75) is 31.4 Å². The molecule has 1 saturated heterocycles. The van der Waals surface area contributed by atoms with Gasteiger partial charge in [-0.3, -0.25) is 9.59 Å². The maximum atomic E-state index is 11.9. The zero-order valence-electron chi connectivity index (χ0n) is 13.6. The van der Waals surface area contributed by atoms with Crippen molar-refractivity contribution in [1.82, 2.24) is 0 Å². The predicted octanol–water partition coefficient (Wildman–Crippen LogP) is 2.24. The van der Waals surface area contributed by atoms with E-state index in [1.807, 2.05) is 6.26 Å². The Morgan fingerprint density at radius 1 is 1.29 bits per heavy atom. The Hall–Kier alpha value is -1.28. The third-order valence-corrected chi connectivity index (χ3v) is 4.26. The molecule has 1 heterocycles. The van der Waals surface area contributed by atoms with Gasteiger partial charge < -0.3 is 21.1 Å².